The van der Waals surface area contributed by atoms with Crippen molar-refractivity contribution in [2.45, 2.75) is 26.2 Å². The molecule has 3 aromatic rings. The summed E-state index contributed by atoms with van der Waals surface area (Å²) < 4.78 is 0.899. The molecule has 1 amide bonds. The number of aryl methyl sites for hydroxylation is 1. The maximum atomic E-state index is 12.2. The van der Waals surface area contributed by atoms with Crippen molar-refractivity contribution in [3.05, 3.63) is 70.5 Å². The van der Waals surface area contributed by atoms with E-state index >= 15 is 0 Å². The topological polar surface area (TPSA) is 105 Å². The summed E-state index contributed by atoms with van der Waals surface area (Å²) in [6, 6.07) is 15.2. The summed E-state index contributed by atoms with van der Waals surface area (Å²) in [6.45, 7) is 2.18. The second kappa shape index (κ2) is 9.88. The van der Waals surface area contributed by atoms with Crippen LogP contribution in [0.2, 0.25) is 0 Å². The number of anilines is 4. The average molecular weight is 455 g/mol. The minimum atomic E-state index is -0.298. The number of hydrazine groups is 1. The van der Waals surface area contributed by atoms with Gasteiger partial charge < -0.3 is 11.1 Å². The van der Waals surface area contributed by atoms with Crippen LogP contribution in [-0.4, -0.2) is 15.9 Å². The molecule has 5 N–H and O–H groups in total. The number of halogens is 1. The van der Waals surface area contributed by atoms with Gasteiger partial charge in [-0.2, -0.15) is 0 Å². The summed E-state index contributed by atoms with van der Waals surface area (Å²) in [5.74, 6) is 0.474. The van der Waals surface area contributed by atoms with E-state index in [1.807, 2.05) is 12.1 Å². The van der Waals surface area contributed by atoms with Gasteiger partial charge in [-0.1, -0.05) is 41.4 Å². The third-order valence-corrected chi connectivity index (χ3v) is 4.85. The van der Waals surface area contributed by atoms with Crippen LogP contribution in [0, 0.1) is 0 Å². The Morgan fingerprint density at radius 2 is 1.72 bits per heavy atom. The molecule has 0 saturated heterocycles. The highest BCUT2D eigenvalue weighted by molar-refractivity contribution is 9.10. The molecule has 0 saturated carbocycles. The molecule has 0 atom stereocenters. The number of nitrogen functional groups attached to an aromatic ring is 1. The fraction of sp³-hybridized carbons (Fsp3) is 0.190. The quantitative estimate of drug-likeness (QED) is 0.368. The van der Waals surface area contributed by atoms with Crippen molar-refractivity contribution < 1.29 is 4.79 Å². The molecule has 2 aromatic carbocycles. The smallest absolute Gasteiger partial charge is 0.269 e. The third-order valence-electron chi connectivity index (χ3n) is 4.32. The summed E-state index contributed by atoms with van der Waals surface area (Å²) in [4.78, 5) is 20.5. The molecule has 1 heterocycles. The standard InChI is InChI=1S/C21H23BrN6O/c1-2-3-4-14-5-11-17(12-6-14)26-19-18(23)20(25-13-24-19)27-28-21(29)15-7-9-16(22)10-8-15/h5-13H,2-4,23H2,1H3,(H,28,29)(H2,24,25,26,27). The Morgan fingerprint density at radius 1 is 1.03 bits per heavy atom. The minimum absolute atomic E-state index is 0.298. The van der Waals surface area contributed by atoms with Crippen LogP contribution in [0.3, 0.4) is 0 Å². The molecular formula is C21H23BrN6O. The summed E-state index contributed by atoms with van der Waals surface area (Å²) in [5.41, 5.74) is 14.5. The number of rotatable bonds is 8. The molecule has 0 aliphatic carbocycles. The van der Waals surface area contributed by atoms with Crippen LogP contribution < -0.4 is 21.9 Å². The first-order valence-corrected chi connectivity index (χ1v) is 10.1. The predicted octanol–water partition coefficient (Wildman–Crippen LogP) is 4.66. The van der Waals surface area contributed by atoms with Crippen LogP contribution in [0.5, 0.6) is 0 Å². The van der Waals surface area contributed by atoms with Crippen molar-refractivity contribution in [2.75, 3.05) is 16.5 Å². The molecule has 1 aromatic heterocycles. The fourth-order valence-electron chi connectivity index (χ4n) is 2.66. The Hall–Kier alpha value is -3.13. The highest BCUT2D eigenvalue weighted by Crippen LogP contribution is 2.25. The van der Waals surface area contributed by atoms with E-state index < -0.39 is 0 Å². The maximum absolute atomic E-state index is 12.2. The van der Waals surface area contributed by atoms with E-state index in [4.69, 9.17) is 5.73 Å². The number of carbonyl (C=O) groups is 1. The van der Waals surface area contributed by atoms with Crippen molar-refractivity contribution in [1.29, 1.82) is 0 Å². The predicted molar refractivity (Wildman–Crippen MR) is 120 cm³/mol. The summed E-state index contributed by atoms with van der Waals surface area (Å²) in [6.07, 6.45) is 4.79. The van der Waals surface area contributed by atoms with Crippen LogP contribution in [0.4, 0.5) is 23.0 Å². The van der Waals surface area contributed by atoms with Gasteiger partial charge >= 0.3 is 0 Å². The Balaban J connectivity index is 1.64. The Labute approximate surface area is 178 Å². The lowest BCUT2D eigenvalue weighted by atomic mass is 10.1. The van der Waals surface area contributed by atoms with E-state index in [1.54, 1.807) is 24.3 Å². The first kappa shape index (κ1) is 20.6. The fourth-order valence-corrected chi connectivity index (χ4v) is 2.92. The van der Waals surface area contributed by atoms with E-state index in [1.165, 1.54) is 24.7 Å². The lowest BCUT2D eigenvalue weighted by Gasteiger charge is -2.13. The van der Waals surface area contributed by atoms with Crippen molar-refractivity contribution in [3.8, 4) is 0 Å². The second-order valence-electron chi connectivity index (χ2n) is 6.50. The number of nitrogens with one attached hydrogen (secondary N) is 3. The molecular weight excluding hydrogens is 432 g/mol. The van der Waals surface area contributed by atoms with Gasteiger partial charge in [0.1, 0.15) is 12.0 Å². The average Bonchev–Trinajstić information content (AvgIpc) is 2.74. The van der Waals surface area contributed by atoms with Crippen LogP contribution in [0.1, 0.15) is 35.7 Å². The highest BCUT2D eigenvalue weighted by atomic mass is 79.9. The molecule has 0 aliphatic rings. The maximum Gasteiger partial charge on any atom is 0.269 e. The van der Waals surface area contributed by atoms with Gasteiger partial charge in [0.25, 0.3) is 5.91 Å². The van der Waals surface area contributed by atoms with Gasteiger partial charge in [-0.15, -0.1) is 0 Å². The number of hydrogen-bond donors (Lipinski definition) is 4. The summed E-state index contributed by atoms with van der Waals surface area (Å²) >= 11 is 3.34. The molecule has 7 nitrogen and oxygen atoms in total. The molecule has 0 unspecified atom stereocenters. The van der Waals surface area contributed by atoms with E-state index in [0.717, 1.165) is 16.6 Å². The lowest BCUT2D eigenvalue weighted by Crippen LogP contribution is -2.30. The number of unbranched alkanes of at least 4 members (excludes halogenated alkanes) is 1. The number of hydrogen-bond acceptors (Lipinski definition) is 6. The molecule has 29 heavy (non-hydrogen) atoms. The number of carbonyl (C=O) groups excluding carboxylic acids is 1. The van der Waals surface area contributed by atoms with Crippen LogP contribution >= 0.6 is 15.9 Å². The summed E-state index contributed by atoms with van der Waals surface area (Å²) in [5, 5.41) is 3.19. The van der Waals surface area contributed by atoms with Crippen molar-refractivity contribution >= 4 is 44.8 Å². The zero-order chi connectivity index (χ0) is 20.6. The second-order valence-corrected chi connectivity index (χ2v) is 7.41. The first-order valence-electron chi connectivity index (χ1n) is 9.35. The van der Waals surface area contributed by atoms with Gasteiger partial charge in [0, 0.05) is 15.7 Å². The number of nitrogens with two attached hydrogens (primary N) is 1. The molecule has 0 bridgehead atoms. The number of aromatic nitrogens is 2. The molecule has 3 rings (SSSR count). The van der Waals surface area contributed by atoms with Gasteiger partial charge in [-0.25, -0.2) is 9.97 Å². The zero-order valence-corrected chi connectivity index (χ0v) is 17.7. The van der Waals surface area contributed by atoms with Crippen LogP contribution in [-0.2, 0) is 6.42 Å². The Bertz CT molecular complexity index is 960. The number of benzene rings is 2. The van der Waals surface area contributed by atoms with E-state index in [0.29, 0.717) is 22.9 Å². The van der Waals surface area contributed by atoms with Gasteiger partial charge in [0.05, 0.1) is 0 Å². The Morgan fingerprint density at radius 3 is 2.41 bits per heavy atom. The van der Waals surface area contributed by atoms with Gasteiger partial charge in [-0.05, 0) is 54.8 Å². The van der Waals surface area contributed by atoms with E-state index in [2.05, 4.69) is 61.1 Å². The van der Waals surface area contributed by atoms with Crippen LogP contribution in [0.15, 0.2) is 59.3 Å². The number of nitrogens with zero attached hydrogens (tertiary/aromatic N) is 2. The Kier molecular flexibility index (Phi) is 7.02. The molecule has 0 aliphatic heterocycles. The SMILES string of the molecule is CCCCc1ccc(Nc2ncnc(NNC(=O)c3ccc(Br)cc3)c2N)cc1. The first-order chi connectivity index (χ1) is 14.1. The van der Waals surface area contributed by atoms with Crippen molar-refractivity contribution in [1.82, 2.24) is 15.4 Å². The van der Waals surface area contributed by atoms with Gasteiger partial charge in [-0.3, -0.25) is 15.6 Å². The molecule has 0 spiro atoms. The van der Waals surface area contributed by atoms with E-state index in [9.17, 15) is 4.79 Å². The molecule has 150 valence electrons. The minimum Gasteiger partial charge on any atom is -0.393 e. The molecule has 8 heteroatoms. The molecule has 0 radical (unpaired) electrons. The third kappa shape index (κ3) is 5.68. The lowest BCUT2D eigenvalue weighted by molar-refractivity contribution is 0.0962. The van der Waals surface area contributed by atoms with Gasteiger partial charge in [0.2, 0.25) is 0 Å². The summed E-state index contributed by atoms with van der Waals surface area (Å²) in [7, 11) is 0. The largest absolute Gasteiger partial charge is 0.393 e. The van der Waals surface area contributed by atoms with Crippen LogP contribution in [0.25, 0.3) is 0 Å². The van der Waals surface area contributed by atoms with Gasteiger partial charge in [0.15, 0.2) is 11.6 Å². The van der Waals surface area contributed by atoms with E-state index in [-0.39, 0.29) is 5.91 Å². The number of amides is 1. The van der Waals surface area contributed by atoms with Crippen molar-refractivity contribution in [2.24, 2.45) is 0 Å². The zero-order valence-electron chi connectivity index (χ0n) is 16.1. The van der Waals surface area contributed by atoms with Crippen molar-refractivity contribution in [3.63, 3.8) is 0 Å². The molecule has 0 fully saturated rings. The monoisotopic (exact) mass is 454 g/mol. The normalized spacial score (nSPS) is 10.4. The highest BCUT2D eigenvalue weighted by Gasteiger charge is 2.10.